The van der Waals surface area contributed by atoms with Crippen LogP contribution in [0.4, 0.5) is 0 Å². The third-order valence-electron chi connectivity index (χ3n) is 3.20. The molecular formula is C15H17N5O2. The SMILES string of the molecule is CCOC(c1noc(-c2nnc3ccccc3n2)n1)C(C)C. The van der Waals surface area contributed by atoms with Gasteiger partial charge in [-0.1, -0.05) is 31.1 Å². The van der Waals surface area contributed by atoms with Gasteiger partial charge in [0, 0.05) is 6.61 Å². The first-order valence-electron chi connectivity index (χ1n) is 7.24. The van der Waals surface area contributed by atoms with Crippen LogP contribution in [0.15, 0.2) is 28.8 Å². The summed E-state index contributed by atoms with van der Waals surface area (Å²) in [7, 11) is 0. The van der Waals surface area contributed by atoms with Crippen LogP contribution in [-0.2, 0) is 4.74 Å². The Labute approximate surface area is 127 Å². The molecule has 1 aromatic carbocycles. The molecule has 7 heteroatoms. The minimum absolute atomic E-state index is 0.212. The predicted octanol–water partition coefficient (Wildman–Crippen LogP) is 2.81. The Morgan fingerprint density at radius 1 is 1.09 bits per heavy atom. The second-order valence-corrected chi connectivity index (χ2v) is 5.20. The molecule has 2 heterocycles. The Bertz CT molecular complexity index is 771. The first-order chi connectivity index (χ1) is 10.7. The van der Waals surface area contributed by atoms with Gasteiger partial charge in [-0.2, -0.15) is 4.98 Å². The van der Waals surface area contributed by atoms with Gasteiger partial charge in [0.05, 0.1) is 5.52 Å². The Balaban J connectivity index is 1.94. The third kappa shape index (κ3) is 2.80. The molecule has 0 saturated carbocycles. The van der Waals surface area contributed by atoms with Crippen molar-refractivity contribution in [1.29, 1.82) is 0 Å². The lowest BCUT2D eigenvalue weighted by Crippen LogP contribution is -2.12. The highest BCUT2D eigenvalue weighted by atomic mass is 16.5. The molecule has 3 rings (SSSR count). The highest BCUT2D eigenvalue weighted by Crippen LogP contribution is 2.25. The van der Waals surface area contributed by atoms with Gasteiger partial charge in [0.1, 0.15) is 11.6 Å². The highest BCUT2D eigenvalue weighted by Gasteiger charge is 2.23. The molecular weight excluding hydrogens is 282 g/mol. The fourth-order valence-corrected chi connectivity index (χ4v) is 2.16. The van der Waals surface area contributed by atoms with E-state index >= 15 is 0 Å². The molecule has 0 radical (unpaired) electrons. The molecule has 1 atom stereocenters. The number of hydrogen-bond donors (Lipinski definition) is 0. The minimum Gasteiger partial charge on any atom is -0.370 e. The summed E-state index contributed by atoms with van der Waals surface area (Å²) >= 11 is 0. The summed E-state index contributed by atoms with van der Waals surface area (Å²) in [4.78, 5) is 8.76. The zero-order valence-corrected chi connectivity index (χ0v) is 12.7. The third-order valence-corrected chi connectivity index (χ3v) is 3.20. The standard InChI is InChI=1S/C15H17N5O2/c1-4-21-12(9(2)3)13-17-15(22-20-13)14-16-10-7-5-6-8-11(10)18-19-14/h5-9,12H,4H2,1-3H3. The van der Waals surface area contributed by atoms with Crippen LogP contribution in [0.25, 0.3) is 22.7 Å². The van der Waals surface area contributed by atoms with Crippen molar-refractivity contribution in [3.8, 4) is 11.7 Å². The molecule has 0 aliphatic carbocycles. The summed E-state index contributed by atoms with van der Waals surface area (Å²) in [6.07, 6.45) is -0.212. The normalized spacial score (nSPS) is 12.9. The summed E-state index contributed by atoms with van der Waals surface area (Å²) in [5.41, 5.74) is 1.46. The molecule has 114 valence electrons. The number of rotatable bonds is 5. The Hall–Kier alpha value is -2.41. The lowest BCUT2D eigenvalue weighted by atomic mass is 10.1. The maximum atomic E-state index is 5.67. The van der Waals surface area contributed by atoms with Crippen molar-refractivity contribution in [3.63, 3.8) is 0 Å². The number of ether oxygens (including phenoxy) is 1. The van der Waals surface area contributed by atoms with Crippen LogP contribution >= 0.6 is 0 Å². The fourth-order valence-electron chi connectivity index (χ4n) is 2.16. The van der Waals surface area contributed by atoms with Crippen LogP contribution in [-0.4, -0.2) is 31.9 Å². The number of nitrogens with zero attached hydrogens (tertiary/aromatic N) is 5. The van der Waals surface area contributed by atoms with Gasteiger partial charge in [0.15, 0.2) is 0 Å². The van der Waals surface area contributed by atoms with E-state index in [-0.39, 0.29) is 17.9 Å². The van der Waals surface area contributed by atoms with Gasteiger partial charge < -0.3 is 9.26 Å². The maximum Gasteiger partial charge on any atom is 0.297 e. The van der Waals surface area contributed by atoms with Crippen LogP contribution in [0.2, 0.25) is 0 Å². The van der Waals surface area contributed by atoms with E-state index in [0.717, 1.165) is 11.0 Å². The van der Waals surface area contributed by atoms with E-state index in [1.54, 1.807) is 0 Å². The maximum absolute atomic E-state index is 5.67. The number of fused-ring (bicyclic) bond motifs is 1. The molecule has 0 saturated heterocycles. The van der Waals surface area contributed by atoms with Crippen molar-refractivity contribution in [1.82, 2.24) is 25.3 Å². The van der Waals surface area contributed by atoms with E-state index in [2.05, 4.69) is 25.3 Å². The smallest absolute Gasteiger partial charge is 0.297 e. The molecule has 7 nitrogen and oxygen atoms in total. The second-order valence-electron chi connectivity index (χ2n) is 5.20. The molecule has 0 fully saturated rings. The summed E-state index contributed by atoms with van der Waals surface area (Å²) in [6.45, 7) is 6.61. The Morgan fingerprint density at radius 3 is 2.59 bits per heavy atom. The summed E-state index contributed by atoms with van der Waals surface area (Å²) in [5.74, 6) is 1.31. The van der Waals surface area contributed by atoms with Gasteiger partial charge in [-0.05, 0) is 25.0 Å². The van der Waals surface area contributed by atoms with Crippen molar-refractivity contribution in [2.75, 3.05) is 6.61 Å². The molecule has 2 aromatic heterocycles. The van der Waals surface area contributed by atoms with Gasteiger partial charge >= 0.3 is 0 Å². The van der Waals surface area contributed by atoms with Crippen LogP contribution in [0, 0.1) is 5.92 Å². The first kappa shape index (κ1) is 14.5. The fraction of sp³-hybridized carbons (Fsp3) is 0.400. The van der Waals surface area contributed by atoms with Crippen molar-refractivity contribution in [2.24, 2.45) is 5.92 Å². The van der Waals surface area contributed by atoms with Gasteiger partial charge in [0.25, 0.3) is 5.89 Å². The van der Waals surface area contributed by atoms with Gasteiger partial charge in [-0.3, -0.25) is 0 Å². The molecule has 0 aliphatic heterocycles. The largest absolute Gasteiger partial charge is 0.370 e. The Kier molecular flexibility index (Phi) is 4.06. The summed E-state index contributed by atoms with van der Waals surface area (Å²) in [6, 6.07) is 7.49. The van der Waals surface area contributed by atoms with Gasteiger partial charge in [0.2, 0.25) is 11.6 Å². The van der Waals surface area contributed by atoms with Crippen molar-refractivity contribution < 1.29 is 9.26 Å². The van der Waals surface area contributed by atoms with E-state index in [1.807, 2.05) is 45.0 Å². The van der Waals surface area contributed by atoms with E-state index in [1.165, 1.54) is 0 Å². The minimum atomic E-state index is -0.212. The van der Waals surface area contributed by atoms with Crippen molar-refractivity contribution in [2.45, 2.75) is 26.9 Å². The van der Waals surface area contributed by atoms with Crippen LogP contribution in [0.1, 0.15) is 32.7 Å². The average molecular weight is 299 g/mol. The number of aromatic nitrogens is 5. The van der Waals surface area contributed by atoms with Crippen molar-refractivity contribution in [3.05, 3.63) is 30.1 Å². The summed E-state index contributed by atoms with van der Waals surface area (Å²) in [5, 5.41) is 12.1. The van der Waals surface area contributed by atoms with Crippen LogP contribution in [0.5, 0.6) is 0 Å². The second kappa shape index (κ2) is 6.15. The van der Waals surface area contributed by atoms with Gasteiger partial charge in [-0.25, -0.2) is 4.98 Å². The molecule has 22 heavy (non-hydrogen) atoms. The quantitative estimate of drug-likeness (QED) is 0.715. The number of benzene rings is 1. The molecule has 0 spiro atoms. The monoisotopic (exact) mass is 299 g/mol. The zero-order chi connectivity index (χ0) is 15.5. The molecule has 1 unspecified atom stereocenters. The average Bonchev–Trinajstić information content (AvgIpc) is 3.01. The number of para-hydroxylation sites is 1. The molecule has 0 aliphatic rings. The molecule has 0 N–H and O–H groups in total. The topological polar surface area (TPSA) is 86.8 Å². The van der Waals surface area contributed by atoms with Crippen molar-refractivity contribution >= 4 is 11.0 Å². The van der Waals surface area contributed by atoms with E-state index in [9.17, 15) is 0 Å². The highest BCUT2D eigenvalue weighted by molar-refractivity contribution is 5.74. The van der Waals surface area contributed by atoms with Crippen LogP contribution < -0.4 is 0 Å². The number of hydrogen-bond acceptors (Lipinski definition) is 7. The summed E-state index contributed by atoms with van der Waals surface area (Å²) < 4.78 is 10.9. The molecule has 0 amide bonds. The molecule has 0 bridgehead atoms. The van der Waals surface area contributed by atoms with E-state index in [4.69, 9.17) is 9.26 Å². The molecule has 3 aromatic rings. The van der Waals surface area contributed by atoms with E-state index < -0.39 is 0 Å². The van der Waals surface area contributed by atoms with Crippen LogP contribution in [0.3, 0.4) is 0 Å². The zero-order valence-electron chi connectivity index (χ0n) is 12.7. The van der Waals surface area contributed by atoms with E-state index in [0.29, 0.717) is 18.3 Å². The first-order valence-corrected chi connectivity index (χ1v) is 7.24. The predicted molar refractivity (Wildman–Crippen MR) is 79.8 cm³/mol. The Morgan fingerprint density at radius 2 is 1.86 bits per heavy atom. The lowest BCUT2D eigenvalue weighted by molar-refractivity contribution is 0.0217. The van der Waals surface area contributed by atoms with Gasteiger partial charge in [-0.15, -0.1) is 10.2 Å². The lowest BCUT2D eigenvalue weighted by Gasteiger charge is -2.16.